The fourth-order valence-electron chi connectivity index (χ4n) is 5.05. The van der Waals surface area contributed by atoms with Crippen LogP contribution in [0, 0.1) is 11.8 Å². The number of ether oxygens (including phenoxy) is 2. The zero-order valence-corrected chi connectivity index (χ0v) is 23.9. The van der Waals surface area contributed by atoms with E-state index in [1.54, 1.807) is 0 Å². The van der Waals surface area contributed by atoms with Gasteiger partial charge in [-0.2, -0.15) is 0 Å². The van der Waals surface area contributed by atoms with Crippen molar-refractivity contribution in [2.24, 2.45) is 11.8 Å². The number of carbonyl (C=O) groups excluding carboxylic acids is 3. The van der Waals surface area contributed by atoms with E-state index in [1.165, 1.54) is 64.7 Å². The Morgan fingerprint density at radius 3 is 1.97 bits per heavy atom. The second-order valence-electron chi connectivity index (χ2n) is 11.2. The maximum absolute atomic E-state index is 13.0. The third kappa shape index (κ3) is 14.2. The van der Waals surface area contributed by atoms with Crippen LogP contribution in [-0.2, 0) is 23.9 Å². The van der Waals surface area contributed by atoms with Crippen LogP contribution in [0.25, 0.3) is 0 Å². The maximum Gasteiger partial charge on any atom is 0.328 e. The molecule has 1 saturated heterocycles. The van der Waals surface area contributed by atoms with Gasteiger partial charge in [-0.15, -0.1) is 0 Å². The predicted octanol–water partition coefficient (Wildman–Crippen LogP) is 7.27. The largest absolute Gasteiger partial charge is 0.461 e. The highest BCUT2D eigenvalue weighted by Crippen LogP contribution is 2.32. The van der Waals surface area contributed by atoms with Gasteiger partial charge in [-0.25, -0.2) is 4.79 Å². The highest BCUT2D eigenvalue weighted by atomic mass is 16.6. The highest BCUT2D eigenvalue weighted by Gasteiger charge is 2.43. The van der Waals surface area contributed by atoms with Crippen molar-refractivity contribution in [3.8, 4) is 0 Å². The van der Waals surface area contributed by atoms with Crippen LogP contribution in [0.3, 0.4) is 0 Å². The van der Waals surface area contributed by atoms with Gasteiger partial charge in [0.25, 0.3) is 0 Å². The quantitative estimate of drug-likeness (QED) is 0.123. The van der Waals surface area contributed by atoms with Crippen molar-refractivity contribution in [1.29, 1.82) is 0 Å². The van der Waals surface area contributed by atoms with Crippen molar-refractivity contribution in [3.05, 3.63) is 0 Å². The molecule has 6 heteroatoms. The van der Waals surface area contributed by atoms with E-state index < -0.39 is 6.04 Å². The van der Waals surface area contributed by atoms with Crippen LogP contribution in [0.15, 0.2) is 0 Å². The van der Waals surface area contributed by atoms with Crippen molar-refractivity contribution in [2.75, 3.05) is 0 Å². The van der Waals surface area contributed by atoms with Gasteiger partial charge in [0, 0.05) is 13.3 Å². The van der Waals surface area contributed by atoms with E-state index in [0.717, 1.165) is 38.5 Å². The van der Waals surface area contributed by atoms with Gasteiger partial charge in [-0.1, -0.05) is 105 Å². The van der Waals surface area contributed by atoms with Gasteiger partial charge >= 0.3 is 11.9 Å². The molecular weight excluding hydrogens is 454 g/mol. The van der Waals surface area contributed by atoms with Gasteiger partial charge in [-0.3, -0.25) is 9.59 Å². The minimum atomic E-state index is -0.637. The molecule has 0 bridgehead atoms. The molecule has 0 spiro atoms. The molecule has 1 aliphatic heterocycles. The molecule has 0 saturated carbocycles. The second kappa shape index (κ2) is 19.5. The van der Waals surface area contributed by atoms with Gasteiger partial charge in [0.2, 0.25) is 5.91 Å². The first kappa shape index (κ1) is 32.4. The lowest BCUT2D eigenvalue weighted by molar-refractivity contribution is -0.190. The summed E-state index contributed by atoms with van der Waals surface area (Å²) in [4.78, 5) is 36.8. The van der Waals surface area contributed by atoms with Gasteiger partial charge in [-0.05, 0) is 31.6 Å². The Kier molecular flexibility index (Phi) is 17.6. The number of amides is 1. The average molecular weight is 510 g/mol. The van der Waals surface area contributed by atoms with Crippen LogP contribution in [0.5, 0.6) is 0 Å². The van der Waals surface area contributed by atoms with Crippen molar-refractivity contribution in [3.63, 3.8) is 0 Å². The number of rotatable bonds is 22. The lowest BCUT2D eigenvalue weighted by Crippen LogP contribution is -2.48. The van der Waals surface area contributed by atoms with Crippen LogP contribution >= 0.6 is 0 Å². The Bertz CT molecular complexity index is 620. The Balaban J connectivity index is 2.63. The summed E-state index contributed by atoms with van der Waals surface area (Å²) < 4.78 is 11.5. The lowest BCUT2D eigenvalue weighted by atomic mass is 9.86. The molecule has 1 fully saturated rings. The van der Waals surface area contributed by atoms with E-state index in [9.17, 15) is 14.4 Å². The van der Waals surface area contributed by atoms with E-state index in [1.807, 2.05) is 13.8 Å². The molecule has 6 nitrogen and oxygen atoms in total. The van der Waals surface area contributed by atoms with Gasteiger partial charge in [0.15, 0.2) is 0 Å². The van der Waals surface area contributed by atoms with E-state index in [2.05, 4.69) is 19.2 Å². The number of hydrogen-bond donors (Lipinski definition) is 1. The zero-order valence-electron chi connectivity index (χ0n) is 23.9. The minimum absolute atomic E-state index is 0.0759. The molecule has 36 heavy (non-hydrogen) atoms. The summed E-state index contributed by atoms with van der Waals surface area (Å²) in [6.07, 6.45) is 17.9. The molecule has 0 aromatic rings. The number of nitrogens with one attached hydrogen (secondary N) is 1. The van der Waals surface area contributed by atoms with Crippen LogP contribution in [0.2, 0.25) is 0 Å². The molecule has 1 N–H and O–H groups in total. The maximum atomic E-state index is 13.0. The Morgan fingerprint density at radius 2 is 1.44 bits per heavy atom. The Labute approximate surface area is 221 Å². The van der Waals surface area contributed by atoms with Crippen LogP contribution in [-0.4, -0.2) is 36.1 Å². The molecular formula is C30H55NO5. The summed E-state index contributed by atoms with van der Waals surface area (Å²) in [5.41, 5.74) is 0. The SMILES string of the molecule is CCCCCCCCCCC[C@@H](C[C@@H]1OC(=O)[C@H]1CCCCCC)OC(=O)[C@H](CC(C)C)NC(C)=O. The fraction of sp³-hybridized carbons (Fsp3) is 0.900. The summed E-state index contributed by atoms with van der Waals surface area (Å²) in [6.45, 7) is 9.90. The molecule has 1 heterocycles. The van der Waals surface area contributed by atoms with Crippen LogP contribution < -0.4 is 5.32 Å². The average Bonchev–Trinajstić information content (AvgIpc) is 2.81. The molecule has 0 aromatic carbocycles. The van der Waals surface area contributed by atoms with Gasteiger partial charge < -0.3 is 14.8 Å². The van der Waals surface area contributed by atoms with Crippen molar-refractivity contribution >= 4 is 17.8 Å². The standard InChI is InChI=1S/C30H55NO5/c1-6-8-10-12-13-14-15-16-17-19-25(35-30(34)27(21-23(3)4)31-24(5)32)22-28-26(29(33)36-28)20-18-11-9-7-2/h23,25-28H,6-22H2,1-5H3,(H,31,32)/t25-,26-,27-,28-/m0/s1. The lowest BCUT2D eigenvalue weighted by Gasteiger charge is -2.37. The molecule has 4 atom stereocenters. The molecule has 1 aliphatic rings. The third-order valence-corrected chi connectivity index (χ3v) is 7.16. The molecule has 0 aliphatic carbocycles. The number of unbranched alkanes of at least 4 members (excludes halogenated alkanes) is 11. The Hall–Kier alpha value is -1.59. The first-order valence-electron chi connectivity index (χ1n) is 15.0. The number of carbonyl (C=O) groups is 3. The summed E-state index contributed by atoms with van der Waals surface area (Å²) in [5, 5.41) is 2.76. The van der Waals surface area contributed by atoms with E-state index in [0.29, 0.717) is 12.8 Å². The molecule has 0 radical (unpaired) electrons. The zero-order chi connectivity index (χ0) is 26.8. The van der Waals surface area contributed by atoms with E-state index in [4.69, 9.17) is 9.47 Å². The summed E-state index contributed by atoms with van der Waals surface area (Å²) >= 11 is 0. The van der Waals surface area contributed by atoms with Crippen molar-refractivity contribution in [1.82, 2.24) is 5.32 Å². The first-order chi connectivity index (χ1) is 17.3. The molecule has 1 rings (SSSR count). The van der Waals surface area contributed by atoms with E-state index >= 15 is 0 Å². The number of cyclic esters (lactones) is 1. The van der Waals surface area contributed by atoms with E-state index in [-0.39, 0.29) is 41.9 Å². The van der Waals surface area contributed by atoms with Crippen molar-refractivity contribution in [2.45, 2.75) is 162 Å². The Morgan fingerprint density at radius 1 is 0.889 bits per heavy atom. The predicted molar refractivity (Wildman–Crippen MR) is 146 cm³/mol. The summed E-state index contributed by atoms with van der Waals surface area (Å²) in [7, 11) is 0. The summed E-state index contributed by atoms with van der Waals surface area (Å²) in [5.74, 6) is -0.531. The van der Waals surface area contributed by atoms with Gasteiger partial charge in [0.1, 0.15) is 18.2 Å². The normalized spacial score (nSPS) is 18.9. The number of esters is 2. The third-order valence-electron chi connectivity index (χ3n) is 7.16. The molecule has 0 unspecified atom stereocenters. The van der Waals surface area contributed by atoms with Crippen LogP contribution in [0.4, 0.5) is 0 Å². The van der Waals surface area contributed by atoms with Crippen LogP contribution in [0.1, 0.15) is 144 Å². The van der Waals surface area contributed by atoms with Gasteiger partial charge in [0.05, 0.1) is 5.92 Å². The fourth-order valence-corrected chi connectivity index (χ4v) is 5.05. The number of hydrogen-bond acceptors (Lipinski definition) is 5. The minimum Gasteiger partial charge on any atom is -0.461 e. The molecule has 1 amide bonds. The monoisotopic (exact) mass is 509 g/mol. The molecule has 0 aromatic heterocycles. The smallest absolute Gasteiger partial charge is 0.328 e. The summed E-state index contributed by atoms with van der Waals surface area (Å²) in [6, 6.07) is -0.637. The molecule has 210 valence electrons. The highest BCUT2D eigenvalue weighted by molar-refractivity contribution is 5.83. The second-order valence-corrected chi connectivity index (χ2v) is 11.2. The van der Waals surface area contributed by atoms with Crippen molar-refractivity contribution < 1.29 is 23.9 Å². The first-order valence-corrected chi connectivity index (χ1v) is 15.0. The topological polar surface area (TPSA) is 81.7 Å².